The van der Waals surface area contributed by atoms with E-state index in [9.17, 15) is 4.79 Å². The van der Waals surface area contributed by atoms with Crippen molar-refractivity contribution < 1.29 is 4.79 Å². The van der Waals surface area contributed by atoms with Crippen LogP contribution in [0.3, 0.4) is 0 Å². The van der Waals surface area contributed by atoms with Crippen LogP contribution in [0.2, 0.25) is 5.32 Å². The number of hydrogen-bond acceptors (Lipinski definition) is 2. The Morgan fingerprint density at radius 2 is 1.90 bits per heavy atom. The van der Waals surface area contributed by atoms with E-state index in [1.165, 1.54) is 10.0 Å². The molecule has 1 N–H and O–H groups in total. The second kappa shape index (κ2) is 8.09. The molecule has 160 valence electrons. The zero-order valence-corrected chi connectivity index (χ0v) is 19.6. The molecular formula is C27H30N2OSe. The van der Waals surface area contributed by atoms with Gasteiger partial charge in [-0.15, -0.1) is 0 Å². The molecule has 4 atom stereocenters. The molecule has 1 saturated heterocycles. The molecule has 5 rings (SSSR count). The number of hydrogen-bond donors (Lipinski definition) is 1. The van der Waals surface area contributed by atoms with Crippen LogP contribution in [0.15, 0.2) is 79.9 Å². The third-order valence-electron chi connectivity index (χ3n) is 7.77. The Morgan fingerprint density at radius 1 is 1.13 bits per heavy atom. The van der Waals surface area contributed by atoms with Crippen LogP contribution in [0.25, 0.3) is 0 Å². The van der Waals surface area contributed by atoms with Gasteiger partial charge in [0.25, 0.3) is 0 Å². The SMILES string of the molecule is C=CCN1CC[C@]23c4ccccc4NC(=O)[C@H]2C[C@@](C=C)(CC[Se]c2ccccc2)[C@H]13. The molecule has 2 aromatic rings. The number of carbonyl (C=O) groups is 1. The van der Waals surface area contributed by atoms with Crippen LogP contribution in [-0.4, -0.2) is 44.9 Å². The number of amides is 1. The molecule has 3 nitrogen and oxygen atoms in total. The summed E-state index contributed by atoms with van der Waals surface area (Å²) in [6.45, 7) is 10.3. The number of fused-ring (bicyclic) bond motifs is 1. The van der Waals surface area contributed by atoms with Crippen LogP contribution >= 0.6 is 0 Å². The van der Waals surface area contributed by atoms with E-state index in [0.29, 0.717) is 21.0 Å². The fraction of sp³-hybridized carbons (Fsp3) is 0.370. The minimum absolute atomic E-state index is 0.00411. The number of nitrogens with zero attached hydrogens (tertiary/aromatic N) is 1. The van der Waals surface area contributed by atoms with Crippen molar-refractivity contribution in [1.29, 1.82) is 0 Å². The van der Waals surface area contributed by atoms with Crippen LogP contribution in [-0.2, 0) is 10.2 Å². The number of para-hydroxylation sites is 1. The number of anilines is 1. The average Bonchev–Trinajstić information content (AvgIpc) is 3.31. The van der Waals surface area contributed by atoms with Gasteiger partial charge in [0.15, 0.2) is 0 Å². The van der Waals surface area contributed by atoms with Gasteiger partial charge < -0.3 is 0 Å². The van der Waals surface area contributed by atoms with Gasteiger partial charge in [-0.2, -0.15) is 0 Å². The molecule has 1 amide bonds. The number of benzene rings is 2. The predicted octanol–water partition coefficient (Wildman–Crippen LogP) is 4.17. The Balaban J connectivity index is 1.54. The van der Waals surface area contributed by atoms with Gasteiger partial charge in [0.05, 0.1) is 0 Å². The standard InChI is InChI=1S/C27H30N2OSe/c1-3-16-29-17-14-27-21-12-8-9-13-23(21)28-24(30)22(27)19-26(4-2,25(27)29)15-18-31-20-10-6-5-7-11-20/h3-13,22,25H,1-2,14-19H2,(H,28,30)/t22-,25+,26-,27+/m1/s1. The molecule has 0 radical (unpaired) electrons. The summed E-state index contributed by atoms with van der Waals surface area (Å²) >= 11 is 0.431. The molecule has 0 bridgehead atoms. The second-order valence-electron chi connectivity index (χ2n) is 9.12. The molecule has 2 aliphatic heterocycles. The summed E-state index contributed by atoms with van der Waals surface area (Å²) in [5, 5.41) is 4.38. The topological polar surface area (TPSA) is 32.3 Å². The Hall–Kier alpha value is -2.13. The number of carbonyl (C=O) groups excluding carboxylic acids is 1. The maximum absolute atomic E-state index is 13.4. The van der Waals surface area contributed by atoms with Crippen molar-refractivity contribution in [3.05, 3.63) is 85.5 Å². The zero-order valence-electron chi connectivity index (χ0n) is 17.9. The van der Waals surface area contributed by atoms with Crippen LogP contribution in [0.5, 0.6) is 0 Å². The van der Waals surface area contributed by atoms with Crippen molar-refractivity contribution in [3.8, 4) is 0 Å². The maximum atomic E-state index is 13.4. The van der Waals surface area contributed by atoms with E-state index in [1.807, 2.05) is 12.1 Å². The first-order valence-corrected chi connectivity index (χ1v) is 13.3. The molecule has 2 aromatic carbocycles. The van der Waals surface area contributed by atoms with Crippen molar-refractivity contribution in [2.24, 2.45) is 11.3 Å². The normalized spacial score (nSPS) is 31.4. The van der Waals surface area contributed by atoms with Crippen molar-refractivity contribution in [2.75, 3.05) is 18.4 Å². The fourth-order valence-electron chi connectivity index (χ4n) is 6.62. The first-order valence-electron chi connectivity index (χ1n) is 11.2. The van der Waals surface area contributed by atoms with Gasteiger partial charge in [0, 0.05) is 0 Å². The summed E-state index contributed by atoms with van der Waals surface area (Å²) in [5.74, 6) is 0.200. The average molecular weight is 478 g/mol. The summed E-state index contributed by atoms with van der Waals surface area (Å²) in [6.07, 6.45) is 7.22. The van der Waals surface area contributed by atoms with Crippen molar-refractivity contribution in [1.82, 2.24) is 4.90 Å². The molecule has 1 aliphatic carbocycles. The Bertz CT molecular complexity index is 1010. The van der Waals surface area contributed by atoms with E-state index < -0.39 is 0 Å². The van der Waals surface area contributed by atoms with E-state index in [1.54, 1.807) is 0 Å². The summed E-state index contributed by atoms with van der Waals surface area (Å²) < 4.78 is 1.44. The van der Waals surface area contributed by atoms with Gasteiger partial charge in [-0.3, -0.25) is 0 Å². The van der Waals surface area contributed by atoms with Gasteiger partial charge in [-0.25, -0.2) is 0 Å². The molecule has 4 heteroatoms. The van der Waals surface area contributed by atoms with Gasteiger partial charge in [-0.1, -0.05) is 0 Å². The van der Waals surface area contributed by atoms with Crippen molar-refractivity contribution in [3.63, 3.8) is 0 Å². The van der Waals surface area contributed by atoms with E-state index >= 15 is 0 Å². The molecule has 3 aliphatic rings. The minimum atomic E-state index is -0.129. The van der Waals surface area contributed by atoms with Crippen LogP contribution < -0.4 is 9.78 Å². The van der Waals surface area contributed by atoms with Gasteiger partial charge >= 0.3 is 192 Å². The van der Waals surface area contributed by atoms with Crippen molar-refractivity contribution >= 4 is 31.0 Å². The van der Waals surface area contributed by atoms with E-state index in [0.717, 1.165) is 43.4 Å². The second-order valence-corrected chi connectivity index (χ2v) is 11.6. The summed E-state index contributed by atoms with van der Waals surface area (Å²) in [6, 6.07) is 19.6. The number of rotatable bonds is 7. The quantitative estimate of drug-likeness (QED) is 0.480. The monoisotopic (exact) mass is 478 g/mol. The summed E-state index contributed by atoms with van der Waals surface area (Å²) in [7, 11) is 0. The Morgan fingerprint density at radius 3 is 2.68 bits per heavy atom. The number of likely N-dealkylation sites (tertiary alicyclic amines) is 1. The fourth-order valence-corrected chi connectivity index (χ4v) is 8.86. The molecule has 0 aromatic heterocycles. The predicted molar refractivity (Wildman–Crippen MR) is 129 cm³/mol. The first kappa shape index (κ1) is 20.8. The summed E-state index contributed by atoms with van der Waals surface area (Å²) in [4.78, 5) is 15.9. The molecule has 31 heavy (non-hydrogen) atoms. The molecule has 2 fully saturated rings. The molecular weight excluding hydrogens is 447 g/mol. The molecule has 1 saturated carbocycles. The Kier molecular flexibility index (Phi) is 5.42. The zero-order chi connectivity index (χ0) is 21.5. The molecule has 2 heterocycles. The van der Waals surface area contributed by atoms with Gasteiger partial charge in [0.2, 0.25) is 0 Å². The van der Waals surface area contributed by atoms with E-state index in [2.05, 4.69) is 78.0 Å². The first-order chi connectivity index (χ1) is 15.1. The molecule has 0 unspecified atom stereocenters. The van der Waals surface area contributed by atoms with E-state index in [-0.39, 0.29) is 22.7 Å². The van der Waals surface area contributed by atoms with Crippen LogP contribution in [0, 0.1) is 11.3 Å². The third kappa shape index (κ3) is 3.16. The van der Waals surface area contributed by atoms with Gasteiger partial charge in [0.1, 0.15) is 0 Å². The number of nitrogens with one attached hydrogen (secondary N) is 1. The van der Waals surface area contributed by atoms with Crippen LogP contribution in [0.4, 0.5) is 5.69 Å². The van der Waals surface area contributed by atoms with E-state index in [4.69, 9.17) is 0 Å². The molecule has 1 spiro atoms. The van der Waals surface area contributed by atoms with Gasteiger partial charge in [-0.05, 0) is 0 Å². The third-order valence-corrected chi connectivity index (χ3v) is 9.90. The summed E-state index contributed by atoms with van der Waals surface area (Å²) in [5.41, 5.74) is 2.14. The van der Waals surface area contributed by atoms with Crippen LogP contribution in [0.1, 0.15) is 24.8 Å². The Labute approximate surface area is 191 Å². The van der Waals surface area contributed by atoms with Crippen molar-refractivity contribution in [2.45, 2.75) is 36.0 Å².